The second-order valence-corrected chi connectivity index (χ2v) is 4.63. The zero-order valence-electron chi connectivity index (χ0n) is 9.50. The maximum atomic E-state index is 11.5. The van der Waals surface area contributed by atoms with Crippen molar-refractivity contribution in [3.05, 3.63) is 71.2 Å². The molecule has 0 bridgehead atoms. The molecule has 98 valence electrons. The highest BCUT2D eigenvalue weighted by Gasteiger charge is 2.12. The Morgan fingerprint density at radius 3 is 2.68 bits per heavy atom. The SMILES string of the molecule is O=c1ccc(=O)n(Cc2ccc(Br)c([N+](=O)[O-])c2)[nH]1. The van der Waals surface area contributed by atoms with Gasteiger partial charge in [0.2, 0.25) is 0 Å². The van der Waals surface area contributed by atoms with Crippen LogP contribution in [0, 0.1) is 10.1 Å². The van der Waals surface area contributed by atoms with E-state index in [1.54, 1.807) is 6.07 Å². The number of benzene rings is 1. The van der Waals surface area contributed by atoms with Crippen LogP contribution >= 0.6 is 15.9 Å². The van der Waals surface area contributed by atoms with Gasteiger partial charge in [-0.3, -0.25) is 24.8 Å². The summed E-state index contributed by atoms with van der Waals surface area (Å²) in [6.07, 6.45) is 0. The van der Waals surface area contributed by atoms with E-state index >= 15 is 0 Å². The van der Waals surface area contributed by atoms with Gasteiger partial charge in [0.05, 0.1) is 15.9 Å². The molecule has 0 aliphatic carbocycles. The number of aromatic amines is 1. The van der Waals surface area contributed by atoms with Crippen LogP contribution in [0.4, 0.5) is 5.69 Å². The molecule has 0 aliphatic rings. The number of nitrogens with one attached hydrogen (secondary N) is 1. The molecule has 1 aromatic carbocycles. The van der Waals surface area contributed by atoms with Crippen LogP contribution in [0.1, 0.15) is 5.56 Å². The number of hydrogen-bond acceptors (Lipinski definition) is 4. The second-order valence-electron chi connectivity index (χ2n) is 3.78. The fraction of sp³-hybridized carbons (Fsp3) is 0.0909. The van der Waals surface area contributed by atoms with E-state index in [4.69, 9.17) is 0 Å². The summed E-state index contributed by atoms with van der Waals surface area (Å²) in [4.78, 5) is 32.9. The standard InChI is InChI=1S/C11H8BrN3O4/c12-8-2-1-7(5-9(8)15(18)19)6-14-11(17)4-3-10(16)13-14/h1-5H,6H2,(H,13,16). The molecule has 7 nitrogen and oxygen atoms in total. The molecule has 0 atom stereocenters. The minimum absolute atomic E-state index is 0.0586. The smallest absolute Gasteiger partial charge is 0.268 e. The molecular formula is C11H8BrN3O4. The molecule has 0 saturated carbocycles. The molecule has 2 rings (SSSR count). The van der Waals surface area contributed by atoms with Crippen molar-refractivity contribution in [2.45, 2.75) is 6.54 Å². The van der Waals surface area contributed by atoms with Crippen molar-refractivity contribution >= 4 is 21.6 Å². The molecule has 1 heterocycles. The van der Waals surface area contributed by atoms with E-state index in [1.807, 2.05) is 0 Å². The van der Waals surface area contributed by atoms with Gasteiger partial charge in [0.1, 0.15) is 0 Å². The molecule has 0 spiro atoms. The van der Waals surface area contributed by atoms with Crippen LogP contribution in [0.15, 0.2) is 44.4 Å². The molecule has 0 saturated heterocycles. The molecule has 0 fully saturated rings. The van der Waals surface area contributed by atoms with Gasteiger partial charge >= 0.3 is 0 Å². The molecule has 2 aromatic rings. The number of aromatic nitrogens is 2. The quantitative estimate of drug-likeness (QED) is 0.678. The fourth-order valence-corrected chi connectivity index (χ4v) is 1.95. The Morgan fingerprint density at radius 2 is 2.00 bits per heavy atom. The van der Waals surface area contributed by atoms with Crippen molar-refractivity contribution in [3.63, 3.8) is 0 Å². The Balaban J connectivity index is 2.41. The predicted octanol–water partition coefficient (Wildman–Crippen LogP) is 1.26. The van der Waals surface area contributed by atoms with Crippen molar-refractivity contribution in [3.8, 4) is 0 Å². The number of rotatable bonds is 3. The first-order valence-electron chi connectivity index (χ1n) is 5.20. The minimum Gasteiger partial charge on any atom is -0.268 e. The fourth-order valence-electron chi connectivity index (χ4n) is 1.56. The van der Waals surface area contributed by atoms with Gasteiger partial charge in [0.15, 0.2) is 0 Å². The van der Waals surface area contributed by atoms with Crippen molar-refractivity contribution in [2.75, 3.05) is 0 Å². The minimum atomic E-state index is -0.524. The molecule has 8 heteroatoms. The normalized spacial score (nSPS) is 10.4. The van der Waals surface area contributed by atoms with Gasteiger partial charge in [0, 0.05) is 18.2 Å². The van der Waals surface area contributed by atoms with Gasteiger partial charge in [-0.1, -0.05) is 6.07 Å². The molecule has 0 aliphatic heterocycles. The van der Waals surface area contributed by atoms with E-state index in [0.717, 1.165) is 16.8 Å². The van der Waals surface area contributed by atoms with E-state index in [1.165, 1.54) is 12.1 Å². The Kier molecular flexibility index (Phi) is 3.61. The lowest BCUT2D eigenvalue weighted by Gasteiger charge is -2.05. The lowest BCUT2D eigenvalue weighted by atomic mass is 10.2. The average molecular weight is 326 g/mol. The highest BCUT2D eigenvalue weighted by molar-refractivity contribution is 9.10. The Labute approximate surface area is 114 Å². The summed E-state index contributed by atoms with van der Waals surface area (Å²) in [7, 11) is 0. The summed E-state index contributed by atoms with van der Waals surface area (Å²) in [6, 6.07) is 6.78. The lowest BCUT2D eigenvalue weighted by Crippen LogP contribution is -2.28. The van der Waals surface area contributed by atoms with Gasteiger partial charge in [0.25, 0.3) is 16.8 Å². The highest BCUT2D eigenvalue weighted by atomic mass is 79.9. The molecule has 1 aromatic heterocycles. The second kappa shape index (κ2) is 5.19. The highest BCUT2D eigenvalue weighted by Crippen LogP contribution is 2.25. The van der Waals surface area contributed by atoms with Crippen molar-refractivity contribution in [1.82, 2.24) is 9.78 Å². The van der Waals surface area contributed by atoms with Crippen molar-refractivity contribution in [1.29, 1.82) is 0 Å². The number of nitro groups is 1. The largest absolute Gasteiger partial charge is 0.283 e. The maximum Gasteiger partial charge on any atom is 0.283 e. The summed E-state index contributed by atoms with van der Waals surface area (Å²) >= 11 is 3.07. The third-order valence-corrected chi connectivity index (χ3v) is 3.11. The van der Waals surface area contributed by atoms with Gasteiger partial charge in [-0.25, -0.2) is 4.68 Å². The number of hydrogen-bond donors (Lipinski definition) is 1. The summed E-state index contributed by atoms with van der Waals surface area (Å²) in [6.45, 7) is 0.0586. The molecular weight excluding hydrogens is 318 g/mol. The maximum absolute atomic E-state index is 11.5. The Morgan fingerprint density at radius 1 is 1.26 bits per heavy atom. The Bertz CT molecular complexity index is 750. The third kappa shape index (κ3) is 2.97. The van der Waals surface area contributed by atoms with Crippen LogP contribution in [-0.4, -0.2) is 14.7 Å². The number of nitrogens with zero attached hydrogens (tertiary/aromatic N) is 2. The van der Waals surface area contributed by atoms with Gasteiger partial charge in [-0.05, 0) is 27.6 Å². The van der Waals surface area contributed by atoms with Crippen molar-refractivity contribution < 1.29 is 4.92 Å². The van der Waals surface area contributed by atoms with Crippen LogP contribution in [0.5, 0.6) is 0 Å². The third-order valence-electron chi connectivity index (χ3n) is 2.44. The first-order chi connectivity index (χ1) is 8.97. The zero-order valence-corrected chi connectivity index (χ0v) is 11.1. The van der Waals surface area contributed by atoms with Gasteiger partial charge < -0.3 is 0 Å². The molecule has 0 unspecified atom stereocenters. The summed E-state index contributed by atoms with van der Waals surface area (Å²) in [5.41, 5.74) is -0.348. The monoisotopic (exact) mass is 325 g/mol. The van der Waals surface area contributed by atoms with Crippen LogP contribution in [0.2, 0.25) is 0 Å². The summed E-state index contributed by atoms with van der Waals surface area (Å²) in [5.74, 6) is 0. The summed E-state index contributed by atoms with van der Waals surface area (Å²) < 4.78 is 1.45. The average Bonchev–Trinajstić information content (AvgIpc) is 2.36. The van der Waals surface area contributed by atoms with E-state index in [9.17, 15) is 19.7 Å². The molecule has 19 heavy (non-hydrogen) atoms. The van der Waals surface area contributed by atoms with Gasteiger partial charge in [-0.2, -0.15) is 0 Å². The number of halogens is 1. The van der Waals surface area contributed by atoms with E-state index in [2.05, 4.69) is 21.0 Å². The predicted molar refractivity (Wildman–Crippen MR) is 71.2 cm³/mol. The summed E-state index contributed by atoms with van der Waals surface area (Å²) in [5, 5.41) is 13.2. The van der Waals surface area contributed by atoms with Crippen LogP contribution in [0.25, 0.3) is 0 Å². The van der Waals surface area contributed by atoms with Crippen LogP contribution in [0.3, 0.4) is 0 Å². The number of H-pyrrole nitrogens is 1. The first kappa shape index (κ1) is 13.2. The number of nitro benzene ring substituents is 1. The molecule has 0 radical (unpaired) electrons. The van der Waals surface area contributed by atoms with Gasteiger partial charge in [-0.15, -0.1) is 0 Å². The molecule has 0 amide bonds. The van der Waals surface area contributed by atoms with Crippen LogP contribution in [-0.2, 0) is 6.54 Å². The Hall–Kier alpha value is -2.22. The topological polar surface area (TPSA) is 98.0 Å². The van der Waals surface area contributed by atoms with E-state index in [-0.39, 0.29) is 17.8 Å². The van der Waals surface area contributed by atoms with E-state index < -0.39 is 10.5 Å². The lowest BCUT2D eigenvalue weighted by molar-refractivity contribution is -0.385. The first-order valence-corrected chi connectivity index (χ1v) is 5.99. The van der Waals surface area contributed by atoms with Crippen molar-refractivity contribution in [2.24, 2.45) is 0 Å². The van der Waals surface area contributed by atoms with E-state index in [0.29, 0.717) is 10.0 Å². The molecule has 1 N–H and O–H groups in total. The van der Waals surface area contributed by atoms with Crippen LogP contribution < -0.4 is 11.1 Å². The zero-order chi connectivity index (χ0) is 14.0.